The molecule has 10 heteroatoms. The van der Waals surface area contributed by atoms with Crippen LogP contribution in [0.3, 0.4) is 0 Å². The third kappa shape index (κ3) is 4.20. The standard InChI is InChI=1S/C25H28N6O4/c1-13-20-14(12-30(5)29-20)8-17(21(13)32)22-26-11-18-19(28-22)6-7-31(23(18)33)16-9-15(10-16)27-24(34)35-25(2,3)4/h6-8,11-12,15-16,32H,9-10H2,1-5H3,(H,27,34)/t15-,16+. The normalized spacial score (nSPS) is 18.0. The van der Waals surface area contributed by atoms with Crippen molar-refractivity contribution in [2.24, 2.45) is 7.05 Å². The molecule has 182 valence electrons. The first kappa shape index (κ1) is 22.8. The van der Waals surface area contributed by atoms with Crippen LogP contribution in [0, 0.1) is 6.92 Å². The quantitative estimate of drug-likeness (QED) is 0.463. The van der Waals surface area contributed by atoms with Crippen molar-refractivity contribution in [3.63, 3.8) is 0 Å². The maximum Gasteiger partial charge on any atom is 0.407 e. The lowest BCUT2D eigenvalue weighted by molar-refractivity contribution is 0.0455. The van der Waals surface area contributed by atoms with Gasteiger partial charge in [0.15, 0.2) is 5.82 Å². The van der Waals surface area contributed by atoms with Crippen LogP contribution in [0.4, 0.5) is 4.79 Å². The highest BCUT2D eigenvalue weighted by molar-refractivity contribution is 5.90. The number of alkyl carbamates (subject to hydrolysis) is 1. The maximum absolute atomic E-state index is 13.1. The van der Waals surface area contributed by atoms with Gasteiger partial charge < -0.3 is 19.7 Å². The molecule has 0 atom stereocenters. The molecule has 0 bridgehead atoms. The summed E-state index contributed by atoms with van der Waals surface area (Å²) in [7, 11) is 1.83. The van der Waals surface area contributed by atoms with E-state index in [1.54, 1.807) is 34.5 Å². The molecule has 0 radical (unpaired) electrons. The van der Waals surface area contributed by atoms with Crippen molar-refractivity contribution in [1.29, 1.82) is 0 Å². The van der Waals surface area contributed by atoms with Crippen LogP contribution in [0.5, 0.6) is 5.75 Å². The molecule has 0 aliphatic heterocycles. The van der Waals surface area contributed by atoms with E-state index in [1.165, 1.54) is 6.20 Å². The second kappa shape index (κ2) is 8.07. The third-order valence-corrected chi connectivity index (χ3v) is 6.27. The average molecular weight is 477 g/mol. The molecule has 4 aromatic rings. The molecule has 0 unspecified atom stereocenters. The largest absolute Gasteiger partial charge is 0.507 e. The molecule has 10 nitrogen and oxygen atoms in total. The van der Waals surface area contributed by atoms with Gasteiger partial charge in [0, 0.05) is 48.7 Å². The lowest BCUT2D eigenvalue weighted by Crippen LogP contribution is -2.48. The average Bonchev–Trinajstić information content (AvgIpc) is 3.13. The van der Waals surface area contributed by atoms with E-state index in [-0.39, 0.29) is 23.4 Å². The van der Waals surface area contributed by atoms with Crippen LogP contribution in [-0.4, -0.2) is 47.2 Å². The second-order valence-electron chi connectivity index (χ2n) is 10.1. The van der Waals surface area contributed by atoms with E-state index in [0.29, 0.717) is 40.7 Å². The van der Waals surface area contributed by atoms with E-state index in [9.17, 15) is 14.7 Å². The van der Waals surface area contributed by atoms with Gasteiger partial charge in [-0.25, -0.2) is 14.8 Å². The van der Waals surface area contributed by atoms with Crippen LogP contribution in [0.25, 0.3) is 33.2 Å². The molecule has 35 heavy (non-hydrogen) atoms. The van der Waals surface area contributed by atoms with Crippen LogP contribution < -0.4 is 10.9 Å². The number of pyridine rings is 1. The molecular formula is C25H28N6O4. The molecule has 0 saturated heterocycles. The van der Waals surface area contributed by atoms with Crippen LogP contribution in [0.1, 0.15) is 45.2 Å². The van der Waals surface area contributed by atoms with Gasteiger partial charge in [-0.1, -0.05) is 0 Å². The van der Waals surface area contributed by atoms with Crippen LogP contribution >= 0.6 is 0 Å². The highest BCUT2D eigenvalue weighted by atomic mass is 16.6. The smallest absolute Gasteiger partial charge is 0.407 e. The molecule has 0 spiro atoms. The number of hydrogen-bond donors (Lipinski definition) is 2. The highest BCUT2D eigenvalue weighted by Gasteiger charge is 2.33. The van der Waals surface area contributed by atoms with E-state index < -0.39 is 11.7 Å². The van der Waals surface area contributed by atoms with Gasteiger partial charge in [-0.2, -0.15) is 5.10 Å². The Morgan fingerprint density at radius 2 is 2.03 bits per heavy atom. The molecule has 1 saturated carbocycles. The van der Waals surface area contributed by atoms with Gasteiger partial charge in [-0.3, -0.25) is 9.48 Å². The van der Waals surface area contributed by atoms with Crippen LogP contribution in [-0.2, 0) is 11.8 Å². The van der Waals surface area contributed by atoms with E-state index >= 15 is 0 Å². The first-order valence-corrected chi connectivity index (χ1v) is 11.5. The topological polar surface area (TPSA) is 124 Å². The van der Waals surface area contributed by atoms with Gasteiger partial charge in [-0.05, 0) is 52.7 Å². The Morgan fingerprint density at radius 3 is 2.74 bits per heavy atom. The Morgan fingerprint density at radius 1 is 1.29 bits per heavy atom. The zero-order chi connectivity index (χ0) is 25.1. The van der Waals surface area contributed by atoms with Crippen molar-refractivity contribution in [2.45, 2.75) is 58.2 Å². The van der Waals surface area contributed by atoms with Crippen molar-refractivity contribution < 1.29 is 14.6 Å². The van der Waals surface area contributed by atoms with Crippen LogP contribution in [0.15, 0.2) is 35.5 Å². The molecular weight excluding hydrogens is 448 g/mol. The Bertz CT molecular complexity index is 1530. The molecule has 1 aromatic carbocycles. The Balaban J connectivity index is 1.39. The zero-order valence-electron chi connectivity index (χ0n) is 20.4. The van der Waals surface area contributed by atoms with Crippen molar-refractivity contribution in [2.75, 3.05) is 0 Å². The summed E-state index contributed by atoms with van der Waals surface area (Å²) < 4.78 is 8.66. The van der Waals surface area contributed by atoms with Crippen molar-refractivity contribution >= 4 is 27.9 Å². The number of phenols is 1. The Kier molecular flexibility index (Phi) is 5.26. The minimum absolute atomic E-state index is 0.0220. The van der Waals surface area contributed by atoms with E-state index in [1.807, 2.05) is 34.0 Å². The number of hydrogen-bond acceptors (Lipinski definition) is 7. The minimum Gasteiger partial charge on any atom is -0.507 e. The van der Waals surface area contributed by atoms with Crippen molar-refractivity contribution in [1.82, 2.24) is 29.6 Å². The summed E-state index contributed by atoms with van der Waals surface area (Å²) in [6.45, 7) is 7.26. The molecule has 1 fully saturated rings. The van der Waals surface area contributed by atoms with E-state index in [0.717, 1.165) is 10.9 Å². The molecule has 5 rings (SSSR count). The SMILES string of the molecule is Cc1c(O)c(-c2ncc3c(=O)n([C@H]4C[C@@H](NC(=O)OC(C)(C)C)C4)ccc3n2)cc2cn(C)nc12. The third-order valence-electron chi connectivity index (χ3n) is 6.27. The number of amides is 1. The highest BCUT2D eigenvalue weighted by Crippen LogP contribution is 2.36. The number of ether oxygens (including phenoxy) is 1. The number of aryl methyl sites for hydroxylation is 2. The van der Waals surface area contributed by atoms with Gasteiger partial charge in [0.2, 0.25) is 0 Å². The van der Waals surface area contributed by atoms with E-state index in [4.69, 9.17) is 4.74 Å². The number of aromatic nitrogens is 5. The van der Waals surface area contributed by atoms with Crippen LogP contribution in [0.2, 0.25) is 0 Å². The predicted octanol–water partition coefficient (Wildman–Crippen LogP) is 3.59. The fourth-order valence-electron chi connectivity index (χ4n) is 4.48. The number of fused-ring (bicyclic) bond motifs is 2. The summed E-state index contributed by atoms with van der Waals surface area (Å²) in [6.07, 6.45) is 5.94. The summed E-state index contributed by atoms with van der Waals surface area (Å²) in [5.41, 5.74) is 1.62. The maximum atomic E-state index is 13.1. The summed E-state index contributed by atoms with van der Waals surface area (Å²) >= 11 is 0. The number of carbonyl (C=O) groups excluding carboxylic acids is 1. The Labute approximate surface area is 201 Å². The predicted molar refractivity (Wildman–Crippen MR) is 131 cm³/mol. The monoisotopic (exact) mass is 476 g/mol. The molecule has 2 N–H and O–H groups in total. The molecule has 1 amide bonds. The van der Waals surface area contributed by atoms with Gasteiger partial charge in [0.25, 0.3) is 5.56 Å². The lowest BCUT2D eigenvalue weighted by Gasteiger charge is -2.37. The minimum atomic E-state index is -0.555. The number of phenolic OH excluding ortho intramolecular Hbond substituents is 1. The van der Waals surface area contributed by atoms with Crippen molar-refractivity contribution in [3.05, 3.63) is 46.6 Å². The number of nitrogens with one attached hydrogen (secondary N) is 1. The molecule has 3 heterocycles. The number of rotatable bonds is 3. The fraction of sp³-hybridized carbons (Fsp3) is 0.400. The van der Waals surface area contributed by atoms with Crippen molar-refractivity contribution in [3.8, 4) is 17.1 Å². The van der Waals surface area contributed by atoms with Gasteiger partial charge in [0.1, 0.15) is 11.4 Å². The van der Waals surface area contributed by atoms with Gasteiger partial charge in [-0.15, -0.1) is 0 Å². The first-order chi connectivity index (χ1) is 16.5. The zero-order valence-corrected chi connectivity index (χ0v) is 20.4. The fourth-order valence-corrected chi connectivity index (χ4v) is 4.48. The summed E-state index contributed by atoms with van der Waals surface area (Å²) in [6, 6.07) is 3.53. The van der Waals surface area contributed by atoms with Gasteiger partial charge in [0.05, 0.1) is 22.0 Å². The number of aromatic hydroxyl groups is 1. The first-order valence-electron chi connectivity index (χ1n) is 11.5. The summed E-state index contributed by atoms with van der Waals surface area (Å²) in [5, 5.41) is 19.3. The molecule has 1 aliphatic rings. The molecule has 1 aliphatic carbocycles. The lowest BCUT2D eigenvalue weighted by atomic mass is 9.86. The number of carbonyl (C=O) groups is 1. The molecule has 3 aromatic heterocycles. The number of benzene rings is 1. The second-order valence-corrected chi connectivity index (χ2v) is 10.1. The Hall–Kier alpha value is -3.95. The summed E-state index contributed by atoms with van der Waals surface area (Å²) in [4.78, 5) is 34.1. The van der Waals surface area contributed by atoms with E-state index in [2.05, 4.69) is 20.4 Å². The summed E-state index contributed by atoms with van der Waals surface area (Å²) in [5.74, 6) is 0.410. The van der Waals surface area contributed by atoms with Gasteiger partial charge >= 0.3 is 6.09 Å². The number of nitrogens with zero attached hydrogens (tertiary/aromatic N) is 5.